The Hall–Kier alpha value is -1.33. The second kappa shape index (κ2) is 5.34. The fourth-order valence-corrected chi connectivity index (χ4v) is 1.64. The summed E-state index contributed by atoms with van der Waals surface area (Å²) in [7, 11) is 0. The molecule has 0 bridgehead atoms. The van der Waals surface area contributed by atoms with Crippen molar-refractivity contribution in [3.05, 3.63) is 40.6 Å². The Morgan fingerprint density at radius 3 is 3.08 bits per heavy atom. The first-order valence-electron chi connectivity index (χ1n) is 4.12. The first kappa shape index (κ1) is 9.76. The van der Waals surface area contributed by atoms with Gasteiger partial charge in [-0.25, -0.2) is 0 Å². The van der Waals surface area contributed by atoms with Crippen molar-refractivity contribution in [3.8, 4) is 6.07 Å². The molecule has 13 heavy (non-hydrogen) atoms. The molecule has 0 fully saturated rings. The predicted molar refractivity (Wildman–Crippen MR) is 57.3 cm³/mol. The third-order valence-corrected chi connectivity index (χ3v) is 2.44. The first-order chi connectivity index (χ1) is 6.36. The summed E-state index contributed by atoms with van der Waals surface area (Å²) in [5.74, 6) is 0. The minimum atomic E-state index is 0.790. The molecule has 0 aromatic carbocycles. The Morgan fingerprint density at radius 1 is 1.69 bits per heavy atom. The molecular weight excluding hydrogens is 178 g/mol. The van der Waals surface area contributed by atoms with Gasteiger partial charge in [-0.15, -0.1) is 17.9 Å². The van der Waals surface area contributed by atoms with E-state index in [9.17, 15) is 0 Å². The van der Waals surface area contributed by atoms with Gasteiger partial charge in [0.25, 0.3) is 0 Å². The molecule has 0 radical (unpaired) electrons. The van der Waals surface area contributed by atoms with Crippen molar-refractivity contribution in [1.29, 1.82) is 5.26 Å². The zero-order valence-corrected chi connectivity index (χ0v) is 8.18. The van der Waals surface area contributed by atoms with E-state index >= 15 is 0 Å². The molecule has 1 heterocycles. The molecule has 0 N–H and O–H groups in total. The summed E-state index contributed by atoms with van der Waals surface area (Å²) in [5, 5.41) is 10.8. The predicted octanol–water partition coefficient (Wildman–Crippen LogP) is 3.62. The van der Waals surface area contributed by atoms with Gasteiger partial charge in [-0.3, -0.25) is 0 Å². The molecule has 0 amide bonds. The Balaban J connectivity index is 2.67. The zero-order valence-electron chi connectivity index (χ0n) is 7.36. The summed E-state index contributed by atoms with van der Waals surface area (Å²) < 4.78 is 0. The van der Waals surface area contributed by atoms with Crippen molar-refractivity contribution < 1.29 is 0 Å². The molecular formula is C11H11NS. The molecule has 0 atom stereocenters. The van der Waals surface area contributed by atoms with E-state index in [2.05, 4.69) is 12.6 Å². The highest BCUT2D eigenvalue weighted by atomic mass is 32.1. The van der Waals surface area contributed by atoms with E-state index in [1.807, 2.05) is 29.7 Å². The van der Waals surface area contributed by atoms with Gasteiger partial charge < -0.3 is 0 Å². The highest BCUT2D eigenvalue weighted by Gasteiger charge is 1.95. The smallest absolute Gasteiger partial charge is 0.0947 e. The van der Waals surface area contributed by atoms with Gasteiger partial charge in [0.2, 0.25) is 0 Å². The van der Waals surface area contributed by atoms with Crippen LogP contribution in [0.5, 0.6) is 0 Å². The molecule has 0 aliphatic rings. The van der Waals surface area contributed by atoms with Crippen LogP contribution in [0.15, 0.2) is 35.7 Å². The lowest BCUT2D eigenvalue weighted by atomic mass is 10.1. The topological polar surface area (TPSA) is 23.8 Å². The minimum absolute atomic E-state index is 0.790. The maximum atomic E-state index is 8.80. The second-order valence-corrected chi connectivity index (χ2v) is 3.60. The Labute approximate surface area is 82.6 Å². The number of allylic oxidation sites excluding steroid dienone is 2. The summed E-state index contributed by atoms with van der Waals surface area (Å²) in [6.45, 7) is 3.63. The number of nitriles is 1. The van der Waals surface area contributed by atoms with Crippen LogP contribution in [-0.4, -0.2) is 0 Å². The Morgan fingerprint density at radius 2 is 2.54 bits per heavy atom. The molecule has 1 aromatic heterocycles. The van der Waals surface area contributed by atoms with Crippen LogP contribution >= 0.6 is 11.3 Å². The van der Waals surface area contributed by atoms with Crippen molar-refractivity contribution >= 4 is 17.4 Å². The molecule has 1 rings (SSSR count). The fourth-order valence-electron chi connectivity index (χ4n) is 0.963. The molecule has 1 nitrogen and oxygen atoms in total. The standard InChI is InChI=1S/C11H11NS/c1-2-3-5-10(9-12)8-11-6-4-7-13-11/h2,4,6-8H,1,3,5H2/b10-8-. The van der Waals surface area contributed by atoms with Crippen molar-refractivity contribution in [2.45, 2.75) is 12.8 Å². The molecule has 0 saturated carbocycles. The molecule has 0 aliphatic carbocycles. The SMILES string of the molecule is C=CCC/C(C#N)=C/c1cccs1. The maximum absolute atomic E-state index is 8.80. The van der Waals surface area contributed by atoms with Crippen molar-refractivity contribution in [3.63, 3.8) is 0 Å². The van der Waals surface area contributed by atoms with E-state index in [-0.39, 0.29) is 0 Å². The number of hydrogen-bond donors (Lipinski definition) is 0. The van der Waals surface area contributed by atoms with Crippen LogP contribution in [0.25, 0.3) is 6.08 Å². The number of nitrogens with zero attached hydrogens (tertiary/aromatic N) is 1. The van der Waals surface area contributed by atoms with Gasteiger partial charge in [0, 0.05) is 10.5 Å². The summed E-state index contributed by atoms with van der Waals surface area (Å²) in [5.41, 5.74) is 0.822. The highest BCUT2D eigenvalue weighted by molar-refractivity contribution is 7.10. The van der Waals surface area contributed by atoms with Gasteiger partial charge in [-0.2, -0.15) is 5.26 Å². The lowest BCUT2D eigenvalue weighted by Gasteiger charge is -1.92. The molecule has 1 aromatic rings. The molecule has 0 spiro atoms. The Bertz CT molecular complexity index is 327. The van der Waals surface area contributed by atoms with Crippen molar-refractivity contribution in [1.82, 2.24) is 0 Å². The van der Waals surface area contributed by atoms with Crippen LogP contribution < -0.4 is 0 Å². The highest BCUT2D eigenvalue weighted by Crippen LogP contribution is 2.15. The minimum Gasteiger partial charge on any atom is -0.193 e. The van der Waals surface area contributed by atoms with Crippen LogP contribution in [-0.2, 0) is 0 Å². The fraction of sp³-hybridized carbons (Fsp3) is 0.182. The van der Waals surface area contributed by atoms with Gasteiger partial charge in [0.05, 0.1) is 6.07 Å². The summed E-state index contributed by atoms with van der Waals surface area (Å²) >= 11 is 1.65. The van der Waals surface area contributed by atoms with Gasteiger partial charge >= 0.3 is 0 Å². The lowest BCUT2D eigenvalue weighted by Crippen LogP contribution is -1.77. The molecule has 0 aliphatic heterocycles. The van der Waals surface area contributed by atoms with Gasteiger partial charge in [-0.1, -0.05) is 12.1 Å². The molecule has 0 unspecified atom stereocenters. The van der Waals surface area contributed by atoms with Crippen LogP contribution in [0.2, 0.25) is 0 Å². The third-order valence-electron chi connectivity index (χ3n) is 1.62. The largest absolute Gasteiger partial charge is 0.193 e. The molecule has 66 valence electrons. The average Bonchev–Trinajstić information content (AvgIpc) is 2.64. The van der Waals surface area contributed by atoms with E-state index in [1.165, 1.54) is 0 Å². The van der Waals surface area contributed by atoms with Crippen LogP contribution in [0.1, 0.15) is 17.7 Å². The Kier molecular flexibility index (Phi) is 4.01. The molecule has 0 saturated heterocycles. The quantitative estimate of drug-likeness (QED) is 0.524. The molecule has 2 heteroatoms. The van der Waals surface area contributed by atoms with Crippen molar-refractivity contribution in [2.75, 3.05) is 0 Å². The third kappa shape index (κ3) is 3.27. The van der Waals surface area contributed by atoms with Gasteiger partial charge in [0.1, 0.15) is 0 Å². The summed E-state index contributed by atoms with van der Waals surface area (Å²) in [6, 6.07) is 6.19. The van der Waals surface area contributed by atoms with E-state index in [0.29, 0.717) is 0 Å². The van der Waals surface area contributed by atoms with Crippen molar-refractivity contribution in [2.24, 2.45) is 0 Å². The van der Waals surface area contributed by atoms with E-state index < -0.39 is 0 Å². The first-order valence-corrected chi connectivity index (χ1v) is 5.00. The van der Waals surface area contributed by atoms with Gasteiger partial charge in [-0.05, 0) is 30.4 Å². The van der Waals surface area contributed by atoms with E-state index in [1.54, 1.807) is 11.3 Å². The van der Waals surface area contributed by atoms with Crippen LogP contribution in [0, 0.1) is 11.3 Å². The van der Waals surface area contributed by atoms with Crippen LogP contribution in [0.4, 0.5) is 0 Å². The summed E-state index contributed by atoms with van der Waals surface area (Å²) in [4.78, 5) is 1.14. The lowest BCUT2D eigenvalue weighted by molar-refractivity contribution is 1.02. The normalized spacial score (nSPS) is 10.8. The maximum Gasteiger partial charge on any atom is 0.0947 e. The monoisotopic (exact) mass is 189 g/mol. The van der Waals surface area contributed by atoms with Crippen LogP contribution in [0.3, 0.4) is 0 Å². The number of hydrogen-bond acceptors (Lipinski definition) is 2. The number of thiophene rings is 1. The van der Waals surface area contributed by atoms with E-state index in [4.69, 9.17) is 5.26 Å². The zero-order chi connectivity index (χ0) is 9.52. The second-order valence-electron chi connectivity index (χ2n) is 2.62. The van der Waals surface area contributed by atoms with E-state index in [0.717, 1.165) is 23.3 Å². The summed E-state index contributed by atoms with van der Waals surface area (Å²) in [6.07, 6.45) is 5.43. The average molecular weight is 189 g/mol. The van der Waals surface area contributed by atoms with Gasteiger partial charge in [0.15, 0.2) is 0 Å². The number of rotatable bonds is 4.